The highest BCUT2D eigenvalue weighted by atomic mass is 35.5. The number of nitrogens with zero attached hydrogens (tertiary/aromatic N) is 4. The molecule has 1 aliphatic rings. The van der Waals surface area contributed by atoms with Gasteiger partial charge in [-0.05, 0) is 29.8 Å². The van der Waals surface area contributed by atoms with Crippen LogP contribution in [0.5, 0.6) is 0 Å². The first-order valence-electron chi connectivity index (χ1n) is 5.96. The number of benzene rings is 2. The summed E-state index contributed by atoms with van der Waals surface area (Å²) in [6.45, 7) is 0. The van der Waals surface area contributed by atoms with Crippen LogP contribution < -0.4 is 0 Å². The number of halogens is 1. The summed E-state index contributed by atoms with van der Waals surface area (Å²) in [4.78, 5) is 4.48. The maximum atomic E-state index is 5.88. The Kier molecular flexibility index (Phi) is 2.19. The van der Waals surface area contributed by atoms with E-state index in [1.165, 1.54) is 0 Å². The second kappa shape index (κ2) is 3.90. The molecule has 4 rings (SSSR count). The molecule has 2 aromatic carbocycles. The summed E-state index contributed by atoms with van der Waals surface area (Å²) in [7, 11) is 0. The molecule has 0 saturated heterocycles. The maximum absolute atomic E-state index is 5.88. The molecule has 5 heteroatoms. The van der Waals surface area contributed by atoms with E-state index in [4.69, 9.17) is 11.6 Å². The average Bonchev–Trinajstić information content (AvgIpc) is 3.12. The SMILES string of the molecule is Clc1ccc(C2=NC2n2nnc3ccccc32)cc1. The van der Waals surface area contributed by atoms with Crippen LogP contribution >= 0.6 is 11.6 Å². The van der Waals surface area contributed by atoms with Gasteiger partial charge in [-0.1, -0.05) is 41.1 Å². The Balaban J connectivity index is 1.68. The molecule has 0 bridgehead atoms. The molecule has 1 aliphatic heterocycles. The predicted octanol–water partition coefficient (Wildman–Crippen LogP) is 3.09. The second-order valence-corrected chi connectivity index (χ2v) is 4.85. The van der Waals surface area contributed by atoms with Crippen molar-refractivity contribution in [3.63, 3.8) is 0 Å². The third-order valence-corrected chi connectivity index (χ3v) is 3.44. The van der Waals surface area contributed by atoms with Crippen LogP contribution in [0.15, 0.2) is 53.5 Å². The summed E-state index contributed by atoms with van der Waals surface area (Å²) in [6, 6.07) is 15.6. The minimum atomic E-state index is -0.0337. The van der Waals surface area contributed by atoms with Crippen molar-refractivity contribution in [1.29, 1.82) is 0 Å². The number of hydrogen-bond acceptors (Lipinski definition) is 3. The number of aromatic nitrogens is 3. The van der Waals surface area contributed by atoms with Gasteiger partial charge in [0.2, 0.25) is 0 Å². The zero-order valence-electron chi connectivity index (χ0n) is 9.86. The highest BCUT2D eigenvalue weighted by Crippen LogP contribution is 2.31. The van der Waals surface area contributed by atoms with Crippen LogP contribution in [0.1, 0.15) is 11.7 Å². The van der Waals surface area contributed by atoms with E-state index in [0.29, 0.717) is 0 Å². The molecule has 3 aromatic rings. The number of para-hydroxylation sites is 1. The van der Waals surface area contributed by atoms with E-state index in [1.807, 2.05) is 53.2 Å². The van der Waals surface area contributed by atoms with Crippen molar-refractivity contribution in [1.82, 2.24) is 15.0 Å². The van der Waals surface area contributed by atoms with Crippen LogP contribution in [0.2, 0.25) is 5.02 Å². The van der Waals surface area contributed by atoms with Crippen LogP contribution in [0.25, 0.3) is 11.0 Å². The molecule has 2 heterocycles. The Bertz CT molecular complexity index is 789. The molecule has 19 heavy (non-hydrogen) atoms. The van der Waals surface area contributed by atoms with Crippen molar-refractivity contribution in [3.05, 3.63) is 59.1 Å². The molecule has 92 valence electrons. The first-order chi connectivity index (χ1) is 9.33. The normalized spacial score (nSPS) is 17.5. The first kappa shape index (κ1) is 10.7. The second-order valence-electron chi connectivity index (χ2n) is 4.42. The van der Waals surface area contributed by atoms with Crippen molar-refractivity contribution in [2.45, 2.75) is 6.17 Å². The topological polar surface area (TPSA) is 43.1 Å². The lowest BCUT2D eigenvalue weighted by atomic mass is 10.1. The molecule has 0 aliphatic carbocycles. The van der Waals surface area contributed by atoms with E-state index >= 15 is 0 Å². The average molecular weight is 269 g/mol. The van der Waals surface area contributed by atoms with Gasteiger partial charge < -0.3 is 0 Å². The summed E-state index contributed by atoms with van der Waals surface area (Å²) in [5, 5.41) is 9.05. The van der Waals surface area contributed by atoms with Crippen molar-refractivity contribution in [2.24, 2.45) is 4.99 Å². The fraction of sp³-hybridized carbons (Fsp3) is 0.0714. The molecular formula is C14H9ClN4. The summed E-state index contributed by atoms with van der Waals surface area (Å²) in [5.41, 5.74) is 3.99. The van der Waals surface area contributed by atoms with Crippen LogP contribution in [-0.2, 0) is 0 Å². The molecule has 4 nitrogen and oxygen atoms in total. The van der Waals surface area contributed by atoms with E-state index in [0.717, 1.165) is 27.3 Å². The largest absolute Gasteiger partial charge is 0.252 e. The number of fused-ring (bicyclic) bond motifs is 1. The molecule has 0 fully saturated rings. The van der Waals surface area contributed by atoms with Gasteiger partial charge in [0.15, 0.2) is 6.17 Å². The lowest BCUT2D eigenvalue weighted by Gasteiger charge is -1.99. The standard InChI is InChI=1S/C14H9ClN4/c15-10-7-5-9(6-8-10)13-14(16-13)19-12-4-2-1-3-11(12)17-18-19/h1-8,14H. The Morgan fingerprint density at radius 2 is 1.79 bits per heavy atom. The van der Waals surface area contributed by atoms with E-state index in [1.54, 1.807) is 0 Å². The lowest BCUT2D eigenvalue weighted by Crippen LogP contribution is -2.04. The van der Waals surface area contributed by atoms with Gasteiger partial charge in [-0.15, -0.1) is 5.10 Å². The van der Waals surface area contributed by atoms with Gasteiger partial charge in [-0.3, -0.25) is 4.99 Å². The van der Waals surface area contributed by atoms with Gasteiger partial charge in [0.05, 0.1) is 11.2 Å². The Morgan fingerprint density at radius 1 is 1.00 bits per heavy atom. The van der Waals surface area contributed by atoms with Gasteiger partial charge in [0.25, 0.3) is 0 Å². The van der Waals surface area contributed by atoms with Crippen molar-refractivity contribution < 1.29 is 0 Å². The van der Waals surface area contributed by atoms with Gasteiger partial charge in [-0.2, -0.15) is 0 Å². The summed E-state index contributed by atoms with van der Waals surface area (Å²) in [6.07, 6.45) is -0.0337. The molecule has 1 aromatic heterocycles. The first-order valence-corrected chi connectivity index (χ1v) is 6.34. The lowest BCUT2D eigenvalue weighted by molar-refractivity contribution is 0.639. The highest BCUT2D eigenvalue weighted by Gasteiger charge is 2.32. The zero-order chi connectivity index (χ0) is 12.8. The molecular weight excluding hydrogens is 260 g/mol. The number of rotatable bonds is 2. The maximum Gasteiger partial charge on any atom is 0.186 e. The molecule has 0 N–H and O–H groups in total. The van der Waals surface area contributed by atoms with Crippen molar-refractivity contribution >= 4 is 28.3 Å². The number of aliphatic imine (C=N–C) groups is 1. The van der Waals surface area contributed by atoms with E-state index in [9.17, 15) is 0 Å². The minimum absolute atomic E-state index is 0.0337. The Morgan fingerprint density at radius 3 is 2.63 bits per heavy atom. The van der Waals surface area contributed by atoms with E-state index < -0.39 is 0 Å². The zero-order valence-corrected chi connectivity index (χ0v) is 10.6. The fourth-order valence-electron chi connectivity index (χ4n) is 2.18. The van der Waals surface area contributed by atoms with Gasteiger partial charge in [0.1, 0.15) is 5.52 Å². The monoisotopic (exact) mass is 268 g/mol. The highest BCUT2D eigenvalue weighted by molar-refractivity contribution is 6.30. The van der Waals surface area contributed by atoms with Gasteiger partial charge >= 0.3 is 0 Å². The summed E-state index contributed by atoms with van der Waals surface area (Å²) >= 11 is 5.88. The van der Waals surface area contributed by atoms with Crippen LogP contribution in [-0.4, -0.2) is 20.7 Å². The molecule has 0 radical (unpaired) electrons. The Labute approximate surface area is 114 Å². The molecule has 0 spiro atoms. The van der Waals surface area contributed by atoms with Crippen molar-refractivity contribution in [2.75, 3.05) is 0 Å². The third-order valence-electron chi connectivity index (χ3n) is 3.19. The fourth-order valence-corrected chi connectivity index (χ4v) is 2.30. The predicted molar refractivity (Wildman–Crippen MR) is 74.6 cm³/mol. The summed E-state index contributed by atoms with van der Waals surface area (Å²) in [5.74, 6) is 0. The molecule has 1 atom stereocenters. The number of hydrogen-bond donors (Lipinski definition) is 0. The van der Waals surface area contributed by atoms with Crippen LogP contribution in [0.4, 0.5) is 0 Å². The molecule has 0 amide bonds. The van der Waals surface area contributed by atoms with Crippen LogP contribution in [0.3, 0.4) is 0 Å². The van der Waals surface area contributed by atoms with Gasteiger partial charge in [0, 0.05) is 5.02 Å². The quantitative estimate of drug-likeness (QED) is 0.717. The minimum Gasteiger partial charge on any atom is -0.252 e. The molecule has 0 saturated carbocycles. The smallest absolute Gasteiger partial charge is 0.186 e. The third kappa shape index (κ3) is 1.72. The van der Waals surface area contributed by atoms with E-state index in [-0.39, 0.29) is 6.17 Å². The van der Waals surface area contributed by atoms with E-state index in [2.05, 4.69) is 15.3 Å². The van der Waals surface area contributed by atoms with Gasteiger partial charge in [-0.25, -0.2) is 4.68 Å². The molecule has 1 unspecified atom stereocenters. The summed E-state index contributed by atoms with van der Waals surface area (Å²) < 4.78 is 1.85. The van der Waals surface area contributed by atoms with Crippen LogP contribution in [0, 0.1) is 0 Å². The Hall–Kier alpha value is -2.20. The van der Waals surface area contributed by atoms with Crippen molar-refractivity contribution in [3.8, 4) is 0 Å².